The van der Waals surface area contributed by atoms with Crippen LogP contribution in [0.3, 0.4) is 0 Å². The molecule has 5 nitrogen and oxygen atoms in total. The number of hydrogen-bond donors (Lipinski definition) is 0. The van der Waals surface area contributed by atoms with E-state index in [0.717, 1.165) is 18.6 Å². The van der Waals surface area contributed by atoms with Crippen LogP contribution in [0.2, 0.25) is 0 Å². The Bertz CT molecular complexity index is 582. The number of carbonyl (C=O) groups is 2. The molecule has 0 N–H and O–H groups in total. The highest BCUT2D eigenvalue weighted by Gasteiger charge is 2.24. The molecule has 0 aliphatic carbocycles. The Morgan fingerprint density at radius 1 is 1.00 bits per heavy atom. The molecule has 0 atom stereocenters. The Labute approximate surface area is 150 Å². The summed E-state index contributed by atoms with van der Waals surface area (Å²) in [7, 11) is 0. The van der Waals surface area contributed by atoms with Crippen molar-refractivity contribution < 1.29 is 14.3 Å². The number of benzene rings is 1. The first-order chi connectivity index (χ1) is 11.8. The summed E-state index contributed by atoms with van der Waals surface area (Å²) in [6, 6.07) is 7.29. The van der Waals surface area contributed by atoms with Crippen molar-refractivity contribution in [2.24, 2.45) is 0 Å². The number of rotatable bonds is 5. The molecule has 0 unspecified atom stereocenters. The normalized spacial score (nSPS) is 15.2. The molecular weight excluding hydrogens is 316 g/mol. The molecule has 1 aliphatic heterocycles. The van der Waals surface area contributed by atoms with Crippen molar-refractivity contribution >= 4 is 11.8 Å². The fourth-order valence-corrected chi connectivity index (χ4v) is 2.85. The van der Waals surface area contributed by atoms with Crippen LogP contribution in [0.5, 0.6) is 5.75 Å². The first kappa shape index (κ1) is 19.3. The van der Waals surface area contributed by atoms with Gasteiger partial charge in [0.15, 0.2) is 0 Å². The quantitative estimate of drug-likeness (QED) is 0.822. The van der Waals surface area contributed by atoms with Gasteiger partial charge in [0.25, 0.3) is 5.91 Å². The van der Waals surface area contributed by atoms with Gasteiger partial charge in [-0.25, -0.2) is 0 Å². The number of piperazine rings is 1. The zero-order chi connectivity index (χ0) is 18.4. The third-order valence-electron chi connectivity index (χ3n) is 4.19. The van der Waals surface area contributed by atoms with Crippen molar-refractivity contribution in [1.29, 1.82) is 0 Å². The van der Waals surface area contributed by atoms with Crippen LogP contribution in [-0.4, -0.2) is 53.4 Å². The van der Waals surface area contributed by atoms with Gasteiger partial charge in [-0.1, -0.05) is 13.3 Å². The smallest absolute Gasteiger partial charge is 0.253 e. The summed E-state index contributed by atoms with van der Waals surface area (Å²) in [5, 5.41) is 0. The molecular formula is C20H30N2O3. The van der Waals surface area contributed by atoms with E-state index in [1.807, 2.05) is 54.8 Å². The van der Waals surface area contributed by atoms with Gasteiger partial charge in [0.2, 0.25) is 5.91 Å². The van der Waals surface area contributed by atoms with Crippen molar-refractivity contribution in [3.05, 3.63) is 29.8 Å². The molecule has 1 fully saturated rings. The van der Waals surface area contributed by atoms with Gasteiger partial charge < -0.3 is 14.5 Å². The van der Waals surface area contributed by atoms with Gasteiger partial charge >= 0.3 is 0 Å². The van der Waals surface area contributed by atoms with Gasteiger partial charge in [-0.05, 0) is 51.5 Å². The van der Waals surface area contributed by atoms with Gasteiger partial charge in [-0.3, -0.25) is 9.59 Å². The van der Waals surface area contributed by atoms with Gasteiger partial charge in [0.1, 0.15) is 11.4 Å². The highest BCUT2D eigenvalue weighted by molar-refractivity contribution is 5.94. The van der Waals surface area contributed by atoms with E-state index in [4.69, 9.17) is 4.74 Å². The average Bonchev–Trinajstić information content (AvgIpc) is 2.58. The number of hydrogen-bond acceptors (Lipinski definition) is 3. The first-order valence-corrected chi connectivity index (χ1v) is 9.16. The predicted octanol–water partition coefficient (Wildman–Crippen LogP) is 3.34. The zero-order valence-electron chi connectivity index (χ0n) is 15.9. The van der Waals surface area contributed by atoms with E-state index in [-0.39, 0.29) is 17.4 Å². The molecule has 25 heavy (non-hydrogen) atoms. The van der Waals surface area contributed by atoms with Gasteiger partial charge in [0, 0.05) is 38.2 Å². The molecule has 0 radical (unpaired) electrons. The van der Waals surface area contributed by atoms with Crippen LogP contribution in [0.15, 0.2) is 24.3 Å². The van der Waals surface area contributed by atoms with Crippen molar-refractivity contribution in [2.45, 2.75) is 52.6 Å². The highest BCUT2D eigenvalue weighted by atomic mass is 16.5. The van der Waals surface area contributed by atoms with E-state index in [1.54, 1.807) is 0 Å². The van der Waals surface area contributed by atoms with Crippen LogP contribution in [0.25, 0.3) is 0 Å². The molecule has 0 bridgehead atoms. The monoisotopic (exact) mass is 346 g/mol. The van der Waals surface area contributed by atoms with Crippen LogP contribution in [-0.2, 0) is 4.79 Å². The van der Waals surface area contributed by atoms with Crippen molar-refractivity contribution in [1.82, 2.24) is 9.80 Å². The van der Waals surface area contributed by atoms with Crippen LogP contribution >= 0.6 is 0 Å². The number of ether oxygens (including phenoxy) is 1. The fraction of sp³-hybridized carbons (Fsp3) is 0.600. The second kappa shape index (κ2) is 8.37. The SMILES string of the molecule is CCCCC(=O)N1CCN(C(=O)c2ccc(OC(C)(C)C)cc2)CC1. The Morgan fingerprint density at radius 3 is 2.08 bits per heavy atom. The van der Waals surface area contributed by atoms with Gasteiger partial charge in [-0.2, -0.15) is 0 Å². The van der Waals surface area contributed by atoms with Crippen molar-refractivity contribution in [2.75, 3.05) is 26.2 Å². The molecule has 2 amide bonds. The summed E-state index contributed by atoms with van der Waals surface area (Å²) < 4.78 is 5.79. The number of nitrogens with zero attached hydrogens (tertiary/aromatic N) is 2. The maximum Gasteiger partial charge on any atom is 0.253 e. The summed E-state index contributed by atoms with van der Waals surface area (Å²) in [5.74, 6) is 0.982. The standard InChI is InChI=1S/C20H30N2O3/c1-5-6-7-18(23)21-12-14-22(15-13-21)19(24)16-8-10-17(11-9-16)25-20(2,3)4/h8-11H,5-7,12-15H2,1-4H3. The molecule has 0 aromatic heterocycles. The first-order valence-electron chi connectivity index (χ1n) is 9.16. The molecule has 2 rings (SSSR count). The van der Waals surface area contributed by atoms with Crippen molar-refractivity contribution in [3.63, 3.8) is 0 Å². The maximum atomic E-state index is 12.6. The Hall–Kier alpha value is -2.04. The summed E-state index contributed by atoms with van der Waals surface area (Å²) in [6.45, 7) is 10.5. The van der Waals surface area contributed by atoms with Gasteiger partial charge in [-0.15, -0.1) is 0 Å². The number of carbonyl (C=O) groups excluding carboxylic acids is 2. The summed E-state index contributed by atoms with van der Waals surface area (Å²) in [5.41, 5.74) is 0.402. The zero-order valence-corrected chi connectivity index (χ0v) is 15.9. The van der Waals surface area contributed by atoms with Gasteiger partial charge in [0.05, 0.1) is 0 Å². The second-order valence-electron chi connectivity index (χ2n) is 7.52. The van der Waals surface area contributed by atoms with Crippen LogP contribution < -0.4 is 4.74 Å². The van der Waals surface area contributed by atoms with Crippen LogP contribution in [0.1, 0.15) is 57.3 Å². The number of amides is 2. The predicted molar refractivity (Wildman–Crippen MR) is 98.8 cm³/mol. The largest absolute Gasteiger partial charge is 0.488 e. The van der Waals surface area contributed by atoms with E-state index in [1.165, 1.54) is 0 Å². The molecule has 0 saturated carbocycles. The Balaban J connectivity index is 1.89. The molecule has 1 saturated heterocycles. The average molecular weight is 346 g/mol. The summed E-state index contributed by atoms with van der Waals surface area (Å²) in [6.07, 6.45) is 2.57. The van der Waals surface area contributed by atoms with Crippen LogP contribution in [0, 0.1) is 0 Å². The summed E-state index contributed by atoms with van der Waals surface area (Å²) >= 11 is 0. The fourth-order valence-electron chi connectivity index (χ4n) is 2.85. The van der Waals surface area contributed by atoms with E-state index >= 15 is 0 Å². The Kier molecular flexibility index (Phi) is 6.45. The lowest BCUT2D eigenvalue weighted by atomic mass is 10.1. The topological polar surface area (TPSA) is 49.9 Å². The number of unbranched alkanes of at least 4 members (excludes halogenated alkanes) is 1. The lowest BCUT2D eigenvalue weighted by molar-refractivity contribution is -0.132. The molecule has 0 spiro atoms. The lowest BCUT2D eigenvalue weighted by Gasteiger charge is -2.35. The van der Waals surface area contributed by atoms with Crippen LogP contribution in [0.4, 0.5) is 0 Å². The minimum atomic E-state index is -0.258. The van der Waals surface area contributed by atoms with E-state index in [9.17, 15) is 9.59 Å². The molecule has 5 heteroatoms. The maximum absolute atomic E-state index is 12.6. The molecule has 138 valence electrons. The van der Waals surface area contributed by atoms with E-state index < -0.39 is 0 Å². The minimum Gasteiger partial charge on any atom is -0.488 e. The molecule has 1 aromatic rings. The third kappa shape index (κ3) is 5.76. The minimum absolute atomic E-state index is 0.0166. The third-order valence-corrected chi connectivity index (χ3v) is 4.19. The second-order valence-corrected chi connectivity index (χ2v) is 7.52. The highest BCUT2D eigenvalue weighted by Crippen LogP contribution is 2.19. The molecule has 1 aliphatic rings. The van der Waals surface area contributed by atoms with E-state index in [2.05, 4.69) is 6.92 Å². The van der Waals surface area contributed by atoms with E-state index in [0.29, 0.717) is 38.2 Å². The Morgan fingerprint density at radius 2 is 1.56 bits per heavy atom. The lowest BCUT2D eigenvalue weighted by Crippen LogP contribution is -2.50. The molecule has 1 aromatic carbocycles. The molecule has 1 heterocycles. The summed E-state index contributed by atoms with van der Waals surface area (Å²) in [4.78, 5) is 28.4. The van der Waals surface area contributed by atoms with Crippen molar-refractivity contribution in [3.8, 4) is 5.75 Å².